The molecular weight excluding hydrogens is 370 g/mol. The fourth-order valence-electron chi connectivity index (χ4n) is 4.30. The summed E-state index contributed by atoms with van der Waals surface area (Å²) < 4.78 is 16.9. The first kappa shape index (κ1) is 18.6. The summed E-state index contributed by atoms with van der Waals surface area (Å²) in [6.07, 6.45) is 1.96. The third kappa shape index (κ3) is 3.65. The summed E-state index contributed by atoms with van der Waals surface area (Å²) in [5.41, 5.74) is 3.84. The lowest BCUT2D eigenvalue weighted by Crippen LogP contribution is -2.66. The molecule has 29 heavy (non-hydrogen) atoms. The topological polar surface area (TPSA) is 76.8 Å². The molecule has 1 aliphatic carbocycles. The van der Waals surface area contributed by atoms with Gasteiger partial charge in [-0.15, -0.1) is 0 Å². The number of benzene rings is 1. The van der Waals surface area contributed by atoms with Crippen LogP contribution in [0.25, 0.3) is 11.1 Å². The van der Waals surface area contributed by atoms with E-state index in [0.717, 1.165) is 79.7 Å². The standard InChI is InChI=1S/C22H27N3O4/c1-14-20(15(2)29-24-14)18-9-17(23-21(26)16-3-4-16)5-6-19(18)28-8-7-25-10-22(11-25)12-27-13-22/h5-6,9,16H,3-4,7-8,10-13H2,1-2H3,(H,23,26). The van der Waals surface area contributed by atoms with Crippen molar-refractivity contribution < 1.29 is 18.8 Å². The summed E-state index contributed by atoms with van der Waals surface area (Å²) in [6, 6.07) is 5.80. The minimum absolute atomic E-state index is 0.0927. The number of nitrogens with zero attached hydrogens (tertiary/aromatic N) is 2. The summed E-state index contributed by atoms with van der Waals surface area (Å²) in [5.74, 6) is 1.78. The average Bonchev–Trinajstić information content (AvgIpc) is 3.42. The number of hydrogen-bond donors (Lipinski definition) is 1. The fourth-order valence-corrected chi connectivity index (χ4v) is 4.30. The van der Waals surface area contributed by atoms with Crippen molar-refractivity contribution in [3.8, 4) is 16.9 Å². The summed E-state index contributed by atoms with van der Waals surface area (Å²) in [6.45, 7) is 9.31. The molecule has 5 rings (SSSR count). The SMILES string of the molecule is Cc1noc(C)c1-c1cc(NC(=O)C2CC2)ccc1OCCN1CC2(COC2)C1. The van der Waals surface area contributed by atoms with Crippen LogP contribution in [0.15, 0.2) is 22.7 Å². The fraction of sp³-hybridized carbons (Fsp3) is 0.545. The molecule has 154 valence electrons. The zero-order valence-corrected chi connectivity index (χ0v) is 17.0. The van der Waals surface area contributed by atoms with Crippen molar-refractivity contribution in [1.29, 1.82) is 0 Å². The Morgan fingerprint density at radius 3 is 2.72 bits per heavy atom. The predicted molar refractivity (Wildman–Crippen MR) is 108 cm³/mol. The summed E-state index contributed by atoms with van der Waals surface area (Å²) >= 11 is 0. The molecule has 7 heteroatoms. The van der Waals surface area contributed by atoms with Crippen LogP contribution in [0.4, 0.5) is 5.69 Å². The van der Waals surface area contributed by atoms with Gasteiger partial charge in [-0.25, -0.2) is 0 Å². The van der Waals surface area contributed by atoms with Gasteiger partial charge in [0.05, 0.1) is 24.5 Å². The molecule has 1 amide bonds. The highest BCUT2D eigenvalue weighted by Gasteiger charge is 2.48. The van der Waals surface area contributed by atoms with E-state index in [2.05, 4.69) is 15.4 Å². The molecule has 1 N–H and O–H groups in total. The number of amides is 1. The second kappa shape index (κ2) is 7.15. The number of aryl methyl sites for hydroxylation is 2. The van der Waals surface area contributed by atoms with Gasteiger partial charge in [-0.2, -0.15) is 0 Å². The maximum Gasteiger partial charge on any atom is 0.227 e. The molecule has 2 aliphatic heterocycles. The minimum Gasteiger partial charge on any atom is -0.492 e. The second-order valence-corrected chi connectivity index (χ2v) is 8.73. The first-order valence-electron chi connectivity index (χ1n) is 10.3. The van der Waals surface area contributed by atoms with E-state index in [1.54, 1.807) is 0 Å². The van der Waals surface area contributed by atoms with Crippen LogP contribution in [-0.4, -0.2) is 55.4 Å². The van der Waals surface area contributed by atoms with Gasteiger partial charge in [-0.1, -0.05) is 5.16 Å². The van der Waals surface area contributed by atoms with E-state index in [4.69, 9.17) is 14.0 Å². The van der Waals surface area contributed by atoms with Gasteiger partial charge in [0, 0.05) is 42.2 Å². The van der Waals surface area contributed by atoms with Crippen molar-refractivity contribution in [2.24, 2.45) is 11.3 Å². The van der Waals surface area contributed by atoms with E-state index in [1.165, 1.54) is 0 Å². The van der Waals surface area contributed by atoms with Crippen molar-refractivity contribution in [2.45, 2.75) is 26.7 Å². The number of hydrogen-bond acceptors (Lipinski definition) is 6. The first-order valence-corrected chi connectivity index (χ1v) is 10.3. The highest BCUT2D eigenvalue weighted by molar-refractivity contribution is 5.95. The van der Waals surface area contributed by atoms with Gasteiger partial charge in [0.2, 0.25) is 5.91 Å². The smallest absolute Gasteiger partial charge is 0.227 e. The van der Waals surface area contributed by atoms with Crippen molar-refractivity contribution in [2.75, 3.05) is 44.8 Å². The quantitative estimate of drug-likeness (QED) is 0.774. The van der Waals surface area contributed by atoms with Gasteiger partial charge in [0.15, 0.2) is 0 Å². The van der Waals surface area contributed by atoms with Crippen LogP contribution in [0.2, 0.25) is 0 Å². The molecule has 3 heterocycles. The molecule has 1 saturated carbocycles. The van der Waals surface area contributed by atoms with E-state index in [0.29, 0.717) is 12.0 Å². The van der Waals surface area contributed by atoms with Gasteiger partial charge < -0.3 is 19.3 Å². The van der Waals surface area contributed by atoms with Gasteiger partial charge in [0.25, 0.3) is 0 Å². The molecule has 3 aliphatic rings. The Labute approximate surface area is 170 Å². The first-order chi connectivity index (χ1) is 14.0. The molecule has 0 radical (unpaired) electrons. The Kier molecular flexibility index (Phi) is 4.59. The van der Waals surface area contributed by atoms with Crippen molar-refractivity contribution >= 4 is 11.6 Å². The lowest BCUT2D eigenvalue weighted by molar-refractivity contribution is -0.189. The molecule has 0 bridgehead atoms. The number of nitrogens with one attached hydrogen (secondary N) is 1. The van der Waals surface area contributed by atoms with Gasteiger partial charge in [-0.05, 0) is 44.9 Å². The Hall–Kier alpha value is -2.38. The predicted octanol–water partition coefficient (Wildman–Crippen LogP) is 3.02. The Morgan fingerprint density at radius 2 is 2.10 bits per heavy atom. The zero-order chi connectivity index (χ0) is 20.0. The van der Waals surface area contributed by atoms with E-state index in [1.807, 2.05) is 32.0 Å². The molecule has 3 fully saturated rings. The molecule has 2 aromatic rings. The lowest BCUT2D eigenvalue weighted by Gasteiger charge is -2.55. The van der Waals surface area contributed by atoms with E-state index >= 15 is 0 Å². The van der Waals surface area contributed by atoms with Crippen molar-refractivity contribution in [1.82, 2.24) is 10.1 Å². The molecule has 1 spiro atoms. The van der Waals surface area contributed by atoms with Crippen LogP contribution in [0.5, 0.6) is 5.75 Å². The summed E-state index contributed by atoms with van der Waals surface area (Å²) in [7, 11) is 0. The Morgan fingerprint density at radius 1 is 1.31 bits per heavy atom. The minimum atomic E-state index is 0.0927. The summed E-state index contributed by atoms with van der Waals surface area (Å²) in [4.78, 5) is 14.6. The van der Waals surface area contributed by atoms with Gasteiger partial charge >= 0.3 is 0 Å². The van der Waals surface area contributed by atoms with Crippen LogP contribution in [0.3, 0.4) is 0 Å². The maximum atomic E-state index is 12.2. The third-order valence-electron chi connectivity index (χ3n) is 6.10. The maximum absolute atomic E-state index is 12.2. The molecule has 1 aromatic heterocycles. The highest BCUT2D eigenvalue weighted by atomic mass is 16.5. The molecule has 0 atom stereocenters. The Bertz CT molecular complexity index is 903. The Balaban J connectivity index is 1.30. The molecule has 1 aromatic carbocycles. The highest BCUT2D eigenvalue weighted by Crippen LogP contribution is 2.39. The van der Waals surface area contributed by atoms with Gasteiger partial charge in [-0.3, -0.25) is 9.69 Å². The van der Waals surface area contributed by atoms with Crippen LogP contribution < -0.4 is 10.1 Å². The largest absolute Gasteiger partial charge is 0.492 e. The summed E-state index contributed by atoms with van der Waals surface area (Å²) in [5, 5.41) is 7.11. The normalized spacial score (nSPS) is 20.2. The van der Waals surface area contributed by atoms with E-state index in [-0.39, 0.29) is 11.8 Å². The van der Waals surface area contributed by atoms with E-state index in [9.17, 15) is 4.79 Å². The number of likely N-dealkylation sites (tertiary alicyclic amines) is 1. The number of rotatable bonds is 7. The number of carbonyl (C=O) groups excluding carboxylic acids is 1. The average molecular weight is 397 g/mol. The molecule has 2 saturated heterocycles. The van der Waals surface area contributed by atoms with Crippen LogP contribution in [-0.2, 0) is 9.53 Å². The van der Waals surface area contributed by atoms with Crippen molar-refractivity contribution in [3.63, 3.8) is 0 Å². The molecular formula is C22H27N3O4. The third-order valence-corrected chi connectivity index (χ3v) is 6.10. The number of ether oxygens (including phenoxy) is 2. The van der Waals surface area contributed by atoms with Crippen LogP contribution in [0, 0.1) is 25.2 Å². The molecule has 0 unspecified atom stereocenters. The van der Waals surface area contributed by atoms with Gasteiger partial charge in [0.1, 0.15) is 18.1 Å². The zero-order valence-electron chi connectivity index (χ0n) is 17.0. The van der Waals surface area contributed by atoms with Crippen molar-refractivity contribution in [3.05, 3.63) is 29.7 Å². The van der Waals surface area contributed by atoms with E-state index < -0.39 is 0 Å². The second-order valence-electron chi connectivity index (χ2n) is 8.73. The number of anilines is 1. The van der Waals surface area contributed by atoms with Crippen LogP contribution in [0.1, 0.15) is 24.3 Å². The number of aromatic nitrogens is 1. The monoisotopic (exact) mass is 397 g/mol. The molecule has 7 nitrogen and oxygen atoms in total. The lowest BCUT2D eigenvalue weighted by atomic mass is 9.78. The van der Waals surface area contributed by atoms with Crippen LogP contribution >= 0.6 is 0 Å². The number of carbonyl (C=O) groups is 1.